The molecule has 0 bridgehead atoms. The number of hydrogen-bond acceptors (Lipinski definition) is 7. The van der Waals surface area contributed by atoms with Gasteiger partial charge in [-0.1, -0.05) is 58.0 Å². The lowest BCUT2D eigenvalue weighted by molar-refractivity contribution is -0.139. The molecule has 12 heteroatoms. The van der Waals surface area contributed by atoms with Crippen LogP contribution in [-0.4, -0.2) is 89.7 Å². The monoisotopic (exact) mass is 590 g/mol. The topological polar surface area (TPSA) is 163 Å². The fourth-order valence-corrected chi connectivity index (χ4v) is 4.92. The summed E-state index contributed by atoms with van der Waals surface area (Å²) in [5.74, 6) is -2.31. The number of nitrogens with one attached hydrogen (secondary N) is 4. The van der Waals surface area contributed by atoms with E-state index in [-0.39, 0.29) is 24.9 Å². The van der Waals surface area contributed by atoms with E-state index in [1.54, 1.807) is 20.8 Å². The summed E-state index contributed by atoms with van der Waals surface area (Å²) in [5, 5.41) is 11.2. The zero-order valence-electron chi connectivity index (χ0n) is 24.9. The Morgan fingerprint density at radius 2 is 1.63 bits per heavy atom. The normalized spacial score (nSPS) is 24.1. The van der Waals surface area contributed by atoms with Crippen molar-refractivity contribution in [3.63, 3.8) is 0 Å². The molecule has 0 radical (unpaired) electrons. The van der Waals surface area contributed by atoms with Gasteiger partial charge in [0.2, 0.25) is 29.5 Å². The fourth-order valence-electron chi connectivity index (χ4n) is 4.45. The number of thioether (sulfide) groups is 1. The lowest BCUT2D eigenvalue weighted by Crippen LogP contribution is -2.58. The second kappa shape index (κ2) is 16.4. The summed E-state index contributed by atoms with van der Waals surface area (Å²) in [6.45, 7) is 8.43. The van der Waals surface area contributed by atoms with Crippen LogP contribution in [0.1, 0.15) is 46.6 Å². The van der Waals surface area contributed by atoms with Crippen molar-refractivity contribution < 1.29 is 24.0 Å². The third kappa shape index (κ3) is 10.7. The molecule has 1 saturated heterocycles. The maximum absolute atomic E-state index is 13.5. The van der Waals surface area contributed by atoms with E-state index in [9.17, 15) is 24.0 Å². The standard InChI is InChI=1S/C29H46N6O5S/c1-17(2)24(30)29(40)35-15-21(14-20-10-8-7-9-11-20)32-26(37)19(5)31-27(38)22(12-13-41-6)33-28(39)25(18(3)4)34-23(36)16-35/h7-11,17-19,21-22,24-25H,12-16,30H2,1-6H3,(H,31,38)(H,32,37)(H,33,39)(H,34,36)/t19-,21+,22-,24-,25-/m0/s1. The number of rotatable bonds is 8. The van der Waals surface area contributed by atoms with Crippen molar-refractivity contribution in [3.8, 4) is 0 Å². The number of benzene rings is 1. The Hall–Kier alpha value is -3.12. The van der Waals surface area contributed by atoms with Gasteiger partial charge >= 0.3 is 0 Å². The molecule has 1 aromatic rings. The molecule has 11 nitrogen and oxygen atoms in total. The van der Waals surface area contributed by atoms with Crippen LogP contribution in [0.3, 0.4) is 0 Å². The Bertz CT molecular complexity index is 1050. The van der Waals surface area contributed by atoms with E-state index >= 15 is 0 Å². The van der Waals surface area contributed by atoms with Crippen molar-refractivity contribution in [1.82, 2.24) is 26.2 Å². The van der Waals surface area contributed by atoms with Crippen LogP contribution < -0.4 is 27.0 Å². The Balaban J connectivity index is 2.51. The first-order chi connectivity index (χ1) is 19.3. The molecule has 0 aromatic heterocycles. The highest BCUT2D eigenvalue weighted by Crippen LogP contribution is 2.11. The van der Waals surface area contributed by atoms with E-state index < -0.39 is 59.7 Å². The summed E-state index contributed by atoms with van der Waals surface area (Å²) >= 11 is 1.53. The van der Waals surface area contributed by atoms with Crippen LogP contribution in [0, 0.1) is 11.8 Å². The second-order valence-corrected chi connectivity index (χ2v) is 12.2. The van der Waals surface area contributed by atoms with E-state index in [1.807, 2.05) is 50.4 Å². The van der Waals surface area contributed by atoms with Crippen LogP contribution in [0.5, 0.6) is 0 Å². The van der Waals surface area contributed by atoms with E-state index in [0.29, 0.717) is 18.6 Å². The average Bonchev–Trinajstić information content (AvgIpc) is 2.92. The summed E-state index contributed by atoms with van der Waals surface area (Å²) in [5.41, 5.74) is 7.13. The summed E-state index contributed by atoms with van der Waals surface area (Å²) in [4.78, 5) is 67.8. The van der Waals surface area contributed by atoms with Crippen LogP contribution >= 0.6 is 11.8 Å². The molecule has 0 aliphatic carbocycles. The fraction of sp³-hybridized carbons (Fsp3) is 0.621. The minimum Gasteiger partial charge on any atom is -0.349 e. The summed E-state index contributed by atoms with van der Waals surface area (Å²) in [7, 11) is 0. The second-order valence-electron chi connectivity index (χ2n) is 11.2. The Labute approximate surface area is 247 Å². The van der Waals surface area contributed by atoms with Crippen molar-refractivity contribution >= 4 is 41.3 Å². The number of amides is 5. The third-order valence-electron chi connectivity index (χ3n) is 7.02. The van der Waals surface area contributed by atoms with Gasteiger partial charge in [-0.3, -0.25) is 24.0 Å². The van der Waals surface area contributed by atoms with E-state index in [0.717, 1.165) is 5.56 Å². The Morgan fingerprint density at radius 3 is 2.22 bits per heavy atom. The number of nitrogens with zero attached hydrogens (tertiary/aromatic N) is 1. The largest absolute Gasteiger partial charge is 0.349 e. The van der Waals surface area contributed by atoms with Crippen LogP contribution in [0.4, 0.5) is 0 Å². The molecule has 228 valence electrons. The van der Waals surface area contributed by atoms with Gasteiger partial charge in [-0.25, -0.2) is 0 Å². The molecule has 1 fully saturated rings. The molecule has 6 N–H and O–H groups in total. The van der Waals surface area contributed by atoms with Crippen LogP contribution in [0.2, 0.25) is 0 Å². The van der Waals surface area contributed by atoms with Crippen molar-refractivity contribution in [3.05, 3.63) is 35.9 Å². The summed E-state index contributed by atoms with van der Waals surface area (Å²) in [6.07, 6.45) is 2.61. The number of carbonyl (C=O) groups excluding carboxylic acids is 5. The smallest absolute Gasteiger partial charge is 0.243 e. The molecule has 0 saturated carbocycles. The van der Waals surface area contributed by atoms with Crippen molar-refractivity contribution in [2.45, 2.75) is 77.7 Å². The molecule has 0 spiro atoms. The molecule has 2 rings (SSSR count). The first kappa shape index (κ1) is 34.1. The molecule has 5 amide bonds. The quantitative estimate of drug-likeness (QED) is 0.293. The minimum atomic E-state index is -0.940. The zero-order valence-corrected chi connectivity index (χ0v) is 25.8. The van der Waals surface area contributed by atoms with Crippen molar-refractivity contribution in [1.29, 1.82) is 0 Å². The van der Waals surface area contributed by atoms with Crippen molar-refractivity contribution in [2.24, 2.45) is 17.6 Å². The Kier molecular flexibility index (Phi) is 13.6. The lowest BCUT2D eigenvalue weighted by atomic mass is 10.0. The van der Waals surface area contributed by atoms with Gasteiger partial charge in [-0.05, 0) is 49.2 Å². The maximum atomic E-state index is 13.5. The average molecular weight is 591 g/mol. The number of nitrogens with two attached hydrogens (primary N) is 1. The SMILES string of the molecule is CSCC[C@@H]1NC(=O)[C@H](C(C)C)NC(=O)CN(C(=O)[C@@H](N)C(C)C)C[C@@H](Cc2ccccc2)NC(=O)[C@H](C)NC1=O. The highest BCUT2D eigenvalue weighted by atomic mass is 32.2. The minimum absolute atomic E-state index is 0.00284. The lowest BCUT2D eigenvalue weighted by Gasteiger charge is -2.32. The number of carbonyl (C=O) groups is 5. The van der Waals surface area contributed by atoms with E-state index in [4.69, 9.17) is 5.73 Å². The molecule has 1 aliphatic rings. The van der Waals surface area contributed by atoms with Crippen LogP contribution in [-0.2, 0) is 30.4 Å². The third-order valence-corrected chi connectivity index (χ3v) is 7.67. The molecule has 1 aliphatic heterocycles. The van der Waals surface area contributed by atoms with Gasteiger partial charge in [0, 0.05) is 6.54 Å². The molecule has 1 heterocycles. The van der Waals surface area contributed by atoms with Crippen LogP contribution in [0.15, 0.2) is 30.3 Å². The van der Waals surface area contributed by atoms with Gasteiger partial charge in [-0.2, -0.15) is 11.8 Å². The van der Waals surface area contributed by atoms with Gasteiger partial charge in [0.1, 0.15) is 18.1 Å². The zero-order chi connectivity index (χ0) is 30.7. The highest BCUT2D eigenvalue weighted by Gasteiger charge is 2.33. The molecule has 41 heavy (non-hydrogen) atoms. The van der Waals surface area contributed by atoms with E-state index in [1.165, 1.54) is 16.7 Å². The molecular formula is C29H46N6O5S. The molecule has 1 aromatic carbocycles. The predicted molar refractivity (Wildman–Crippen MR) is 161 cm³/mol. The Morgan fingerprint density at radius 1 is 0.976 bits per heavy atom. The highest BCUT2D eigenvalue weighted by molar-refractivity contribution is 7.98. The first-order valence-electron chi connectivity index (χ1n) is 14.1. The van der Waals surface area contributed by atoms with Crippen LogP contribution in [0.25, 0.3) is 0 Å². The molecule has 0 unspecified atom stereocenters. The summed E-state index contributed by atoms with van der Waals surface area (Å²) < 4.78 is 0. The predicted octanol–water partition coefficient (Wildman–Crippen LogP) is 0.423. The van der Waals surface area contributed by atoms with Gasteiger partial charge in [-0.15, -0.1) is 0 Å². The number of hydrogen-bond donors (Lipinski definition) is 5. The first-order valence-corrected chi connectivity index (χ1v) is 15.5. The van der Waals surface area contributed by atoms with Gasteiger partial charge in [0.15, 0.2) is 0 Å². The maximum Gasteiger partial charge on any atom is 0.243 e. The van der Waals surface area contributed by atoms with Gasteiger partial charge in [0.25, 0.3) is 0 Å². The van der Waals surface area contributed by atoms with Crippen molar-refractivity contribution in [2.75, 3.05) is 25.1 Å². The molecule has 5 atom stereocenters. The van der Waals surface area contributed by atoms with Gasteiger partial charge in [0.05, 0.1) is 18.6 Å². The summed E-state index contributed by atoms with van der Waals surface area (Å²) in [6, 6.07) is 5.26. The molecular weight excluding hydrogens is 544 g/mol. The van der Waals surface area contributed by atoms with E-state index in [2.05, 4.69) is 21.3 Å². The van der Waals surface area contributed by atoms with Gasteiger partial charge < -0.3 is 31.9 Å².